The largest absolute Gasteiger partial charge is 0.381 e. The number of sulfonamides is 1. The molecule has 0 aromatic heterocycles. The van der Waals surface area contributed by atoms with Crippen molar-refractivity contribution in [3.63, 3.8) is 0 Å². The molecule has 0 radical (unpaired) electrons. The van der Waals surface area contributed by atoms with Crippen molar-refractivity contribution in [2.75, 3.05) is 20.2 Å². The van der Waals surface area contributed by atoms with E-state index in [-0.39, 0.29) is 25.3 Å². The van der Waals surface area contributed by atoms with Crippen LogP contribution in [0.4, 0.5) is 13.2 Å². The molecule has 112 valence electrons. The number of hydrogen-bond donors (Lipinski definition) is 0. The highest BCUT2D eigenvalue weighted by molar-refractivity contribution is 7.89. The third-order valence-electron chi connectivity index (χ3n) is 3.33. The number of halogens is 3. The van der Waals surface area contributed by atoms with Crippen LogP contribution in [0, 0.1) is 17.5 Å². The van der Waals surface area contributed by atoms with E-state index in [1.54, 1.807) is 0 Å². The van der Waals surface area contributed by atoms with Gasteiger partial charge >= 0.3 is 0 Å². The summed E-state index contributed by atoms with van der Waals surface area (Å²) in [5, 5.41) is 0. The Hall–Kier alpha value is -1.12. The zero-order valence-corrected chi connectivity index (χ0v) is 11.6. The number of ether oxygens (including phenoxy) is 1. The maximum atomic E-state index is 13.6. The highest BCUT2D eigenvalue weighted by atomic mass is 32.2. The zero-order valence-electron chi connectivity index (χ0n) is 10.8. The van der Waals surface area contributed by atoms with Gasteiger partial charge in [0.1, 0.15) is 10.7 Å². The molecule has 4 nitrogen and oxygen atoms in total. The Morgan fingerprint density at radius 1 is 1.10 bits per heavy atom. The first-order valence-electron chi connectivity index (χ1n) is 6.03. The average Bonchev–Trinajstić information content (AvgIpc) is 2.42. The molecule has 1 aromatic carbocycles. The summed E-state index contributed by atoms with van der Waals surface area (Å²) in [6.45, 7) is 0.304. The molecule has 0 amide bonds. The summed E-state index contributed by atoms with van der Waals surface area (Å²) in [6.07, 6.45) is 0.901. The summed E-state index contributed by atoms with van der Waals surface area (Å²) < 4.78 is 70.2. The van der Waals surface area contributed by atoms with Gasteiger partial charge in [-0.3, -0.25) is 0 Å². The molecule has 0 atom stereocenters. The molecule has 1 aromatic rings. The van der Waals surface area contributed by atoms with E-state index in [0.717, 1.165) is 4.31 Å². The van der Waals surface area contributed by atoms with Crippen LogP contribution >= 0.6 is 0 Å². The van der Waals surface area contributed by atoms with Gasteiger partial charge in [0.15, 0.2) is 11.6 Å². The standard InChI is InChI=1S/C12H14F3NO3S/c1-19-8-2-4-16(5-3-8)20(17,18)12-7-10(14)9(13)6-11(12)15/h6-8H,2-5H2,1H3. The smallest absolute Gasteiger partial charge is 0.246 e. The zero-order chi connectivity index (χ0) is 14.9. The maximum Gasteiger partial charge on any atom is 0.246 e. The summed E-state index contributed by atoms with van der Waals surface area (Å²) in [5.74, 6) is -4.10. The van der Waals surface area contributed by atoms with Gasteiger partial charge in [-0.25, -0.2) is 21.6 Å². The first-order chi connectivity index (χ1) is 9.36. The molecule has 1 aliphatic heterocycles. The second-order valence-electron chi connectivity index (χ2n) is 4.54. The molecule has 0 saturated carbocycles. The summed E-state index contributed by atoms with van der Waals surface area (Å²) >= 11 is 0. The number of piperidine rings is 1. The molecule has 20 heavy (non-hydrogen) atoms. The monoisotopic (exact) mass is 309 g/mol. The summed E-state index contributed by atoms with van der Waals surface area (Å²) in [5.41, 5.74) is 0. The molecular weight excluding hydrogens is 295 g/mol. The van der Waals surface area contributed by atoms with Crippen LogP contribution in [0.3, 0.4) is 0 Å². The number of rotatable bonds is 3. The second-order valence-corrected chi connectivity index (χ2v) is 6.44. The van der Waals surface area contributed by atoms with Crippen LogP contribution in [-0.4, -0.2) is 39.0 Å². The highest BCUT2D eigenvalue weighted by Gasteiger charge is 2.32. The topological polar surface area (TPSA) is 46.6 Å². The molecule has 0 aliphatic carbocycles. The van der Waals surface area contributed by atoms with Gasteiger partial charge < -0.3 is 4.74 Å². The second kappa shape index (κ2) is 5.71. The summed E-state index contributed by atoms with van der Waals surface area (Å²) in [6, 6.07) is 0.618. The minimum absolute atomic E-state index is 0.0451. The maximum absolute atomic E-state index is 13.6. The first kappa shape index (κ1) is 15.3. The van der Waals surface area contributed by atoms with E-state index in [2.05, 4.69) is 0 Å². The quantitative estimate of drug-likeness (QED) is 0.801. The van der Waals surface area contributed by atoms with Crippen molar-refractivity contribution in [2.24, 2.45) is 0 Å². The molecule has 1 fully saturated rings. The Bertz CT molecular complexity index is 598. The predicted molar refractivity (Wildman–Crippen MR) is 65.1 cm³/mol. The Balaban J connectivity index is 2.30. The lowest BCUT2D eigenvalue weighted by Crippen LogP contribution is -2.40. The summed E-state index contributed by atoms with van der Waals surface area (Å²) in [4.78, 5) is -0.840. The molecule has 0 bridgehead atoms. The number of hydrogen-bond acceptors (Lipinski definition) is 3. The fourth-order valence-corrected chi connectivity index (χ4v) is 3.68. The molecule has 0 spiro atoms. The Morgan fingerprint density at radius 3 is 2.20 bits per heavy atom. The van der Waals surface area contributed by atoms with Gasteiger partial charge in [-0.1, -0.05) is 0 Å². The van der Waals surface area contributed by atoms with Crippen molar-refractivity contribution in [3.05, 3.63) is 29.6 Å². The third kappa shape index (κ3) is 2.82. The lowest BCUT2D eigenvalue weighted by molar-refractivity contribution is 0.0604. The number of methoxy groups -OCH3 is 1. The SMILES string of the molecule is COC1CCN(S(=O)(=O)c2cc(F)c(F)cc2F)CC1. The van der Waals surface area contributed by atoms with E-state index in [9.17, 15) is 21.6 Å². The molecule has 8 heteroatoms. The first-order valence-corrected chi connectivity index (χ1v) is 7.47. The minimum Gasteiger partial charge on any atom is -0.381 e. The molecule has 0 unspecified atom stereocenters. The van der Waals surface area contributed by atoms with Crippen LogP contribution in [0.1, 0.15) is 12.8 Å². The number of nitrogens with zero attached hydrogens (tertiary/aromatic N) is 1. The third-order valence-corrected chi connectivity index (χ3v) is 5.24. The van der Waals surface area contributed by atoms with Gasteiger partial charge in [-0.05, 0) is 18.9 Å². The summed E-state index contributed by atoms with van der Waals surface area (Å²) in [7, 11) is -2.64. The Morgan fingerprint density at radius 2 is 1.65 bits per heavy atom. The molecule has 2 rings (SSSR count). The number of benzene rings is 1. The van der Waals surface area contributed by atoms with Crippen molar-refractivity contribution in [1.82, 2.24) is 4.31 Å². The van der Waals surface area contributed by atoms with Gasteiger partial charge in [-0.2, -0.15) is 4.31 Å². The van der Waals surface area contributed by atoms with Crippen molar-refractivity contribution >= 4 is 10.0 Å². The van der Waals surface area contributed by atoms with Crippen LogP contribution < -0.4 is 0 Å². The fourth-order valence-electron chi connectivity index (χ4n) is 2.15. The normalized spacial score (nSPS) is 18.4. The van der Waals surface area contributed by atoms with Crippen molar-refractivity contribution < 1.29 is 26.3 Å². The molecule has 1 heterocycles. The van der Waals surface area contributed by atoms with Crippen molar-refractivity contribution in [3.8, 4) is 0 Å². The van der Waals surface area contributed by atoms with Crippen LogP contribution in [0.25, 0.3) is 0 Å². The lowest BCUT2D eigenvalue weighted by Gasteiger charge is -2.30. The molecule has 1 saturated heterocycles. The van der Waals surface area contributed by atoms with Gasteiger partial charge in [0.2, 0.25) is 10.0 Å². The van der Waals surface area contributed by atoms with E-state index in [0.29, 0.717) is 18.9 Å². The van der Waals surface area contributed by atoms with Crippen LogP contribution in [0.15, 0.2) is 17.0 Å². The fraction of sp³-hybridized carbons (Fsp3) is 0.500. The average molecular weight is 309 g/mol. The van der Waals surface area contributed by atoms with E-state index < -0.39 is 32.4 Å². The van der Waals surface area contributed by atoms with E-state index in [1.165, 1.54) is 7.11 Å². The van der Waals surface area contributed by atoms with Gasteiger partial charge in [-0.15, -0.1) is 0 Å². The van der Waals surface area contributed by atoms with Gasteiger partial charge in [0, 0.05) is 26.3 Å². The Kier molecular flexibility index (Phi) is 4.36. The lowest BCUT2D eigenvalue weighted by atomic mass is 10.1. The van der Waals surface area contributed by atoms with Gasteiger partial charge in [0.25, 0.3) is 0 Å². The van der Waals surface area contributed by atoms with Crippen molar-refractivity contribution in [2.45, 2.75) is 23.8 Å². The molecule has 0 N–H and O–H groups in total. The van der Waals surface area contributed by atoms with Crippen LogP contribution in [-0.2, 0) is 14.8 Å². The van der Waals surface area contributed by atoms with Crippen LogP contribution in [0.2, 0.25) is 0 Å². The van der Waals surface area contributed by atoms with Crippen LogP contribution in [0.5, 0.6) is 0 Å². The molecule has 1 aliphatic rings. The molecular formula is C12H14F3NO3S. The minimum atomic E-state index is -4.17. The van der Waals surface area contributed by atoms with E-state index in [4.69, 9.17) is 4.74 Å². The Labute approximate surface area is 115 Å². The van der Waals surface area contributed by atoms with Crippen molar-refractivity contribution in [1.29, 1.82) is 0 Å². The van der Waals surface area contributed by atoms with E-state index >= 15 is 0 Å². The highest BCUT2D eigenvalue weighted by Crippen LogP contribution is 2.25. The van der Waals surface area contributed by atoms with E-state index in [1.807, 2.05) is 0 Å². The van der Waals surface area contributed by atoms with Gasteiger partial charge in [0.05, 0.1) is 6.10 Å². The predicted octanol–water partition coefficient (Wildman–Crippen LogP) is 1.90.